The fourth-order valence-corrected chi connectivity index (χ4v) is 2.73. The minimum atomic E-state index is 0.219. The quantitative estimate of drug-likeness (QED) is 0.882. The SMILES string of the molecule is Cc1c(Cl)cccc1N1CC(C)NCC1CCO. The lowest BCUT2D eigenvalue weighted by Crippen LogP contribution is -2.56. The van der Waals surface area contributed by atoms with E-state index in [2.05, 4.69) is 30.1 Å². The topological polar surface area (TPSA) is 35.5 Å². The van der Waals surface area contributed by atoms with Gasteiger partial charge in [-0.15, -0.1) is 0 Å². The van der Waals surface area contributed by atoms with Crippen molar-refractivity contribution >= 4 is 17.3 Å². The van der Waals surface area contributed by atoms with Crippen LogP contribution < -0.4 is 10.2 Å². The predicted molar refractivity (Wildman–Crippen MR) is 76.5 cm³/mol. The number of nitrogens with one attached hydrogen (secondary N) is 1. The van der Waals surface area contributed by atoms with Gasteiger partial charge in [0.15, 0.2) is 0 Å². The Morgan fingerprint density at radius 3 is 3.00 bits per heavy atom. The molecule has 100 valence electrons. The Morgan fingerprint density at radius 2 is 2.28 bits per heavy atom. The molecule has 0 aromatic heterocycles. The number of hydrogen-bond donors (Lipinski definition) is 2. The lowest BCUT2D eigenvalue weighted by molar-refractivity contribution is 0.260. The molecule has 0 bridgehead atoms. The Kier molecular flexibility index (Phi) is 4.49. The first kappa shape index (κ1) is 13.7. The van der Waals surface area contributed by atoms with Gasteiger partial charge in [0.25, 0.3) is 0 Å². The summed E-state index contributed by atoms with van der Waals surface area (Å²) in [6.45, 7) is 6.32. The van der Waals surface area contributed by atoms with Crippen LogP contribution >= 0.6 is 11.6 Å². The van der Waals surface area contributed by atoms with E-state index in [1.165, 1.54) is 5.69 Å². The number of anilines is 1. The van der Waals surface area contributed by atoms with Gasteiger partial charge in [-0.05, 0) is 38.0 Å². The molecule has 1 heterocycles. The van der Waals surface area contributed by atoms with Gasteiger partial charge in [-0.1, -0.05) is 17.7 Å². The van der Waals surface area contributed by atoms with E-state index in [4.69, 9.17) is 11.6 Å². The van der Waals surface area contributed by atoms with E-state index in [1.807, 2.05) is 12.1 Å². The van der Waals surface area contributed by atoms with E-state index in [-0.39, 0.29) is 6.61 Å². The van der Waals surface area contributed by atoms with Crippen LogP contribution in [0, 0.1) is 6.92 Å². The van der Waals surface area contributed by atoms with Crippen LogP contribution in [0.1, 0.15) is 18.9 Å². The number of hydrogen-bond acceptors (Lipinski definition) is 3. The molecule has 3 nitrogen and oxygen atoms in total. The number of benzene rings is 1. The van der Waals surface area contributed by atoms with Gasteiger partial charge in [-0.25, -0.2) is 0 Å². The molecule has 0 aliphatic carbocycles. The smallest absolute Gasteiger partial charge is 0.0455 e. The number of aliphatic hydroxyl groups is 1. The van der Waals surface area contributed by atoms with Gasteiger partial charge in [0.2, 0.25) is 0 Å². The largest absolute Gasteiger partial charge is 0.396 e. The molecule has 2 rings (SSSR count). The van der Waals surface area contributed by atoms with Crippen LogP contribution in [-0.4, -0.2) is 36.9 Å². The Morgan fingerprint density at radius 1 is 1.50 bits per heavy atom. The second kappa shape index (κ2) is 5.91. The number of piperazine rings is 1. The molecule has 0 amide bonds. The Bertz CT molecular complexity index is 411. The maximum atomic E-state index is 9.19. The number of aliphatic hydroxyl groups excluding tert-OH is 1. The van der Waals surface area contributed by atoms with Gasteiger partial charge >= 0.3 is 0 Å². The van der Waals surface area contributed by atoms with Crippen molar-refractivity contribution in [3.8, 4) is 0 Å². The molecule has 1 aromatic rings. The number of halogens is 1. The van der Waals surface area contributed by atoms with E-state index in [1.54, 1.807) is 0 Å². The van der Waals surface area contributed by atoms with Gasteiger partial charge in [0, 0.05) is 42.5 Å². The summed E-state index contributed by atoms with van der Waals surface area (Å²) in [5, 5.41) is 13.5. The number of nitrogens with zero attached hydrogens (tertiary/aromatic N) is 1. The van der Waals surface area contributed by atoms with E-state index >= 15 is 0 Å². The summed E-state index contributed by atoms with van der Waals surface area (Å²) < 4.78 is 0. The first-order valence-electron chi connectivity index (χ1n) is 6.49. The first-order chi connectivity index (χ1) is 8.63. The fourth-order valence-electron chi connectivity index (χ4n) is 2.57. The molecular weight excluding hydrogens is 248 g/mol. The van der Waals surface area contributed by atoms with Crippen LogP contribution in [0.3, 0.4) is 0 Å². The van der Waals surface area contributed by atoms with Crippen molar-refractivity contribution < 1.29 is 5.11 Å². The van der Waals surface area contributed by atoms with Gasteiger partial charge in [0.1, 0.15) is 0 Å². The predicted octanol–water partition coefficient (Wildman–Crippen LogP) is 2.20. The summed E-state index contributed by atoms with van der Waals surface area (Å²) in [6, 6.07) is 6.83. The van der Waals surface area contributed by atoms with Gasteiger partial charge in [-0.3, -0.25) is 0 Å². The van der Waals surface area contributed by atoms with Crippen LogP contribution in [-0.2, 0) is 0 Å². The molecular formula is C14H21ClN2O. The van der Waals surface area contributed by atoms with Gasteiger partial charge in [-0.2, -0.15) is 0 Å². The third kappa shape index (κ3) is 2.79. The van der Waals surface area contributed by atoms with Crippen molar-refractivity contribution in [3.63, 3.8) is 0 Å². The molecule has 4 heteroatoms. The van der Waals surface area contributed by atoms with Crippen molar-refractivity contribution in [2.24, 2.45) is 0 Å². The average molecular weight is 269 g/mol. The van der Waals surface area contributed by atoms with Crippen molar-refractivity contribution in [2.45, 2.75) is 32.4 Å². The summed E-state index contributed by atoms with van der Waals surface area (Å²) in [5.41, 5.74) is 2.31. The third-order valence-electron chi connectivity index (χ3n) is 3.62. The highest BCUT2D eigenvalue weighted by Crippen LogP contribution is 2.29. The molecule has 0 spiro atoms. The zero-order valence-corrected chi connectivity index (χ0v) is 11.7. The monoisotopic (exact) mass is 268 g/mol. The van der Waals surface area contributed by atoms with Crippen LogP contribution in [0.4, 0.5) is 5.69 Å². The van der Waals surface area contributed by atoms with E-state index in [0.29, 0.717) is 12.1 Å². The normalized spacial score (nSPS) is 24.3. The highest BCUT2D eigenvalue weighted by atomic mass is 35.5. The molecule has 0 saturated carbocycles. The summed E-state index contributed by atoms with van der Waals surface area (Å²) in [6.07, 6.45) is 0.783. The standard InChI is InChI=1S/C14H21ClN2O/c1-10-9-17(12(6-7-18)8-16-10)14-5-3-4-13(15)11(14)2/h3-5,10,12,16,18H,6-9H2,1-2H3. The van der Waals surface area contributed by atoms with Crippen molar-refractivity contribution in [1.29, 1.82) is 0 Å². The Balaban J connectivity index is 2.29. The van der Waals surface area contributed by atoms with E-state index < -0.39 is 0 Å². The Labute approximate surface area is 114 Å². The zero-order chi connectivity index (χ0) is 13.1. The lowest BCUT2D eigenvalue weighted by atomic mass is 10.0. The lowest BCUT2D eigenvalue weighted by Gasteiger charge is -2.41. The molecule has 1 aliphatic rings. The molecule has 0 radical (unpaired) electrons. The first-order valence-corrected chi connectivity index (χ1v) is 6.87. The average Bonchev–Trinajstić information content (AvgIpc) is 2.35. The fraction of sp³-hybridized carbons (Fsp3) is 0.571. The molecule has 1 saturated heterocycles. The van der Waals surface area contributed by atoms with Crippen LogP contribution in [0.25, 0.3) is 0 Å². The molecule has 1 aliphatic heterocycles. The minimum absolute atomic E-state index is 0.219. The molecule has 2 atom stereocenters. The van der Waals surface area contributed by atoms with Crippen molar-refractivity contribution in [1.82, 2.24) is 5.32 Å². The van der Waals surface area contributed by atoms with Crippen LogP contribution in [0.15, 0.2) is 18.2 Å². The molecule has 1 aromatic carbocycles. The minimum Gasteiger partial charge on any atom is -0.396 e. The maximum Gasteiger partial charge on any atom is 0.0455 e. The molecule has 1 fully saturated rings. The zero-order valence-electron chi connectivity index (χ0n) is 11.0. The number of rotatable bonds is 3. The van der Waals surface area contributed by atoms with E-state index in [0.717, 1.165) is 30.1 Å². The van der Waals surface area contributed by atoms with Crippen LogP contribution in [0.5, 0.6) is 0 Å². The van der Waals surface area contributed by atoms with Crippen molar-refractivity contribution in [2.75, 3.05) is 24.6 Å². The molecule has 18 heavy (non-hydrogen) atoms. The maximum absolute atomic E-state index is 9.19. The van der Waals surface area contributed by atoms with E-state index in [9.17, 15) is 5.11 Å². The van der Waals surface area contributed by atoms with Crippen LogP contribution in [0.2, 0.25) is 5.02 Å². The van der Waals surface area contributed by atoms with Gasteiger partial charge in [0.05, 0.1) is 0 Å². The summed E-state index contributed by atoms with van der Waals surface area (Å²) >= 11 is 6.20. The highest BCUT2D eigenvalue weighted by Gasteiger charge is 2.26. The highest BCUT2D eigenvalue weighted by molar-refractivity contribution is 6.31. The molecule has 2 unspecified atom stereocenters. The summed E-state index contributed by atoms with van der Waals surface area (Å²) in [4.78, 5) is 2.37. The summed E-state index contributed by atoms with van der Waals surface area (Å²) in [5.74, 6) is 0. The second-order valence-corrected chi connectivity index (χ2v) is 5.42. The Hall–Kier alpha value is -0.770. The second-order valence-electron chi connectivity index (χ2n) is 5.01. The van der Waals surface area contributed by atoms with Gasteiger partial charge < -0.3 is 15.3 Å². The molecule has 2 N–H and O–H groups in total. The third-order valence-corrected chi connectivity index (χ3v) is 4.03. The summed E-state index contributed by atoms with van der Waals surface area (Å²) in [7, 11) is 0. The van der Waals surface area contributed by atoms with Crippen molar-refractivity contribution in [3.05, 3.63) is 28.8 Å².